The zero-order valence-electron chi connectivity index (χ0n) is 10.7. The monoisotopic (exact) mass is 262 g/mol. The van der Waals surface area contributed by atoms with Gasteiger partial charge < -0.3 is 10.8 Å². The van der Waals surface area contributed by atoms with Gasteiger partial charge in [-0.3, -0.25) is 0 Å². The standard InChI is InChI=1S/C14H18N2OS/c1-9(2)7-10-3-5-11(6-4-10)13-12(8-17)18-14(15)16-13/h3-6,9,17H,7-8H2,1-2H3,(H2,15,16). The van der Waals surface area contributed by atoms with Crippen molar-refractivity contribution >= 4 is 16.5 Å². The Labute approximate surface area is 111 Å². The third kappa shape index (κ3) is 2.89. The lowest BCUT2D eigenvalue weighted by atomic mass is 10.0. The van der Waals surface area contributed by atoms with Gasteiger partial charge in [0.1, 0.15) is 0 Å². The molecule has 2 rings (SSSR count). The lowest BCUT2D eigenvalue weighted by molar-refractivity contribution is 0.286. The van der Waals surface area contributed by atoms with Crippen LogP contribution in [-0.2, 0) is 13.0 Å². The minimum atomic E-state index is -0.0159. The molecule has 0 saturated carbocycles. The first-order chi connectivity index (χ1) is 8.60. The van der Waals surface area contributed by atoms with Crippen molar-refractivity contribution in [1.82, 2.24) is 4.98 Å². The molecule has 2 aromatic rings. The van der Waals surface area contributed by atoms with E-state index in [1.165, 1.54) is 16.9 Å². The first-order valence-corrected chi connectivity index (χ1v) is 6.87. The van der Waals surface area contributed by atoms with Crippen molar-refractivity contribution in [3.05, 3.63) is 34.7 Å². The van der Waals surface area contributed by atoms with Crippen molar-refractivity contribution in [3.63, 3.8) is 0 Å². The second-order valence-corrected chi connectivity index (χ2v) is 5.89. The van der Waals surface area contributed by atoms with E-state index in [2.05, 4.69) is 31.0 Å². The Kier molecular flexibility index (Phi) is 3.99. The van der Waals surface area contributed by atoms with E-state index >= 15 is 0 Å². The summed E-state index contributed by atoms with van der Waals surface area (Å²) in [6.07, 6.45) is 1.08. The summed E-state index contributed by atoms with van der Waals surface area (Å²) in [6, 6.07) is 8.33. The fraction of sp³-hybridized carbons (Fsp3) is 0.357. The SMILES string of the molecule is CC(C)Cc1ccc(-c2nc(N)sc2CO)cc1. The van der Waals surface area contributed by atoms with Crippen molar-refractivity contribution in [3.8, 4) is 11.3 Å². The van der Waals surface area contributed by atoms with Crippen LogP contribution in [0.5, 0.6) is 0 Å². The summed E-state index contributed by atoms with van der Waals surface area (Å²) in [7, 11) is 0. The molecule has 18 heavy (non-hydrogen) atoms. The van der Waals surface area contributed by atoms with Crippen LogP contribution in [0.3, 0.4) is 0 Å². The second kappa shape index (κ2) is 5.50. The van der Waals surface area contributed by atoms with E-state index in [0.717, 1.165) is 22.6 Å². The van der Waals surface area contributed by atoms with E-state index in [0.29, 0.717) is 11.0 Å². The summed E-state index contributed by atoms with van der Waals surface area (Å²) in [5, 5.41) is 9.78. The largest absolute Gasteiger partial charge is 0.391 e. The van der Waals surface area contributed by atoms with Crippen molar-refractivity contribution in [2.45, 2.75) is 26.9 Å². The van der Waals surface area contributed by atoms with Crippen molar-refractivity contribution in [2.75, 3.05) is 5.73 Å². The number of aliphatic hydroxyl groups excluding tert-OH is 1. The van der Waals surface area contributed by atoms with Crippen molar-refractivity contribution in [1.29, 1.82) is 0 Å². The first kappa shape index (κ1) is 13.1. The number of hydrogen-bond donors (Lipinski definition) is 2. The van der Waals surface area contributed by atoms with Gasteiger partial charge in [0.15, 0.2) is 5.13 Å². The van der Waals surface area contributed by atoms with Gasteiger partial charge in [0.25, 0.3) is 0 Å². The van der Waals surface area contributed by atoms with E-state index in [1.54, 1.807) is 0 Å². The highest BCUT2D eigenvalue weighted by atomic mass is 32.1. The third-order valence-electron chi connectivity index (χ3n) is 2.73. The molecule has 0 aliphatic rings. The topological polar surface area (TPSA) is 59.1 Å². The van der Waals surface area contributed by atoms with Gasteiger partial charge in [0.2, 0.25) is 0 Å². The maximum atomic E-state index is 9.28. The molecule has 4 heteroatoms. The average Bonchev–Trinajstić information content (AvgIpc) is 2.71. The molecular formula is C14H18N2OS. The maximum absolute atomic E-state index is 9.28. The second-order valence-electron chi connectivity index (χ2n) is 4.78. The van der Waals surface area contributed by atoms with Crippen LogP contribution in [0.15, 0.2) is 24.3 Å². The molecule has 0 spiro atoms. The smallest absolute Gasteiger partial charge is 0.180 e. The number of nitrogens with two attached hydrogens (primary N) is 1. The van der Waals surface area contributed by atoms with Gasteiger partial charge >= 0.3 is 0 Å². The van der Waals surface area contributed by atoms with Crippen LogP contribution < -0.4 is 5.73 Å². The molecular weight excluding hydrogens is 244 g/mol. The molecule has 3 N–H and O–H groups in total. The number of rotatable bonds is 4. The Hall–Kier alpha value is -1.39. The Bertz CT molecular complexity index is 517. The number of thiazole rings is 1. The molecule has 3 nitrogen and oxygen atoms in total. The van der Waals surface area contributed by atoms with Gasteiger partial charge in [0.05, 0.1) is 17.2 Å². The average molecular weight is 262 g/mol. The van der Waals surface area contributed by atoms with E-state index < -0.39 is 0 Å². The lowest BCUT2D eigenvalue weighted by Crippen LogP contribution is -1.94. The molecule has 96 valence electrons. The molecule has 0 bridgehead atoms. The molecule has 0 amide bonds. The zero-order chi connectivity index (χ0) is 13.1. The van der Waals surface area contributed by atoms with Gasteiger partial charge in [-0.15, -0.1) is 0 Å². The zero-order valence-corrected chi connectivity index (χ0v) is 11.5. The minimum Gasteiger partial charge on any atom is -0.391 e. The molecule has 0 fully saturated rings. The van der Waals surface area contributed by atoms with Crippen molar-refractivity contribution < 1.29 is 5.11 Å². The number of aliphatic hydroxyl groups is 1. The van der Waals surface area contributed by atoms with E-state index in [9.17, 15) is 5.11 Å². The van der Waals surface area contributed by atoms with Crippen LogP contribution in [0.1, 0.15) is 24.3 Å². The Morgan fingerprint density at radius 3 is 2.50 bits per heavy atom. The molecule has 0 aliphatic carbocycles. The van der Waals surface area contributed by atoms with Gasteiger partial charge in [-0.25, -0.2) is 4.98 Å². The third-order valence-corrected chi connectivity index (χ3v) is 3.60. The van der Waals surface area contributed by atoms with Gasteiger partial charge in [0, 0.05) is 5.56 Å². The van der Waals surface area contributed by atoms with E-state index in [-0.39, 0.29) is 6.61 Å². The minimum absolute atomic E-state index is 0.0159. The molecule has 0 atom stereocenters. The fourth-order valence-corrected chi connectivity index (χ4v) is 2.69. The Morgan fingerprint density at radius 2 is 1.94 bits per heavy atom. The summed E-state index contributed by atoms with van der Waals surface area (Å²) < 4.78 is 0. The highest BCUT2D eigenvalue weighted by Crippen LogP contribution is 2.29. The number of hydrogen-bond acceptors (Lipinski definition) is 4. The Morgan fingerprint density at radius 1 is 1.28 bits per heavy atom. The quantitative estimate of drug-likeness (QED) is 0.890. The number of nitrogens with zero attached hydrogens (tertiary/aromatic N) is 1. The molecule has 0 saturated heterocycles. The van der Waals surface area contributed by atoms with Crippen LogP contribution >= 0.6 is 11.3 Å². The molecule has 0 unspecified atom stereocenters. The van der Waals surface area contributed by atoms with Crippen LogP contribution in [0.2, 0.25) is 0 Å². The van der Waals surface area contributed by atoms with Crippen LogP contribution in [0.4, 0.5) is 5.13 Å². The fourth-order valence-electron chi connectivity index (χ4n) is 1.97. The highest BCUT2D eigenvalue weighted by molar-refractivity contribution is 7.15. The Balaban J connectivity index is 2.28. The summed E-state index contributed by atoms with van der Waals surface area (Å²) in [5.74, 6) is 0.652. The van der Waals surface area contributed by atoms with Gasteiger partial charge in [-0.1, -0.05) is 49.4 Å². The lowest BCUT2D eigenvalue weighted by Gasteiger charge is -2.06. The normalized spacial score (nSPS) is 11.1. The molecule has 1 aromatic carbocycles. The molecule has 1 aromatic heterocycles. The summed E-state index contributed by atoms with van der Waals surface area (Å²) in [6.45, 7) is 4.40. The number of anilines is 1. The van der Waals surface area contributed by atoms with Crippen LogP contribution in [0.25, 0.3) is 11.3 Å². The summed E-state index contributed by atoms with van der Waals surface area (Å²) in [4.78, 5) is 5.10. The molecule has 0 aliphatic heterocycles. The van der Waals surface area contributed by atoms with Gasteiger partial charge in [-0.2, -0.15) is 0 Å². The maximum Gasteiger partial charge on any atom is 0.180 e. The first-order valence-electron chi connectivity index (χ1n) is 6.05. The van der Waals surface area contributed by atoms with E-state index in [4.69, 9.17) is 5.73 Å². The van der Waals surface area contributed by atoms with Crippen molar-refractivity contribution in [2.24, 2.45) is 5.92 Å². The predicted molar refractivity (Wildman–Crippen MR) is 76.4 cm³/mol. The summed E-state index contributed by atoms with van der Waals surface area (Å²) in [5.41, 5.74) is 8.82. The number of aromatic nitrogens is 1. The van der Waals surface area contributed by atoms with Crippen LogP contribution in [0, 0.1) is 5.92 Å². The molecule has 1 heterocycles. The summed E-state index contributed by atoms with van der Waals surface area (Å²) >= 11 is 1.34. The van der Waals surface area contributed by atoms with E-state index in [1.807, 2.05) is 12.1 Å². The number of nitrogen functional groups attached to an aromatic ring is 1. The predicted octanol–water partition coefficient (Wildman–Crippen LogP) is 3.08. The van der Waals surface area contributed by atoms with Crippen LogP contribution in [-0.4, -0.2) is 10.1 Å². The van der Waals surface area contributed by atoms with Gasteiger partial charge in [-0.05, 0) is 17.9 Å². The highest BCUT2D eigenvalue weighted by Gasteiger charge is 2.10. The molecule has 0 radical (unpaired) electrons. The number of benzene rings is 1.